The van der Waals surface area contributed by atoms with Crippen molar-refractivity contribution in [3.63, 3.8) is 0 Å². The zero-order valence-electron chi connectivity index (χ0n) is 14.9. The van der Waals surface area contributed by atoms with Crippen LogP contribution in [0.5, 0.6) is 17.2 Å². The van der Waals surface area contributed by atoms with E-state index in [9.17, 15) is 0 Å². The van der Waals surface area contributed by atoms with Crippen LogP contribution in [0.4, 0.5) is 0 Å². The van der Waals surface area contributed by atoms with Gasteiger partial charge in [-0.25, -0.2) is 0 Å². The Kier molecular flexibility index (Phi) is 4.39. The highest BCUT2D eigenvalue weighted by molar-refractivity contribution is 6.31. The number of methoxy groups -OCH3 is 3. The fourth-order valence-electron chi connectivity index (χ4n) is 3.58. The molecule has 0 bridgehead atoms. The standard InChI is InChI=1S/C21H19ClO4/c1-23-18-7-13(8-19(24-2)21(18)25-3)20-16-9-15(22)5-4-12(16)6-14-10-26-11-17(14)20/h4-9H,10-11H2,1-3H3. The lowest BCUT2D eigenvalue weighted by molar-refractivity contribution is 0.134. The lowest BCUT2D eigenvalue weighted by atomic mass is 9.90. The molecule has 26 heavy (non-hydrogen) atoms. The van der Waals surface area contributed by atoms with Gasteiger partial charge in [-0.2, -0.15) is 0 Å². The molecule has 0 unspecified atom stereocenters. The Morgan fingerprint density at radius 2 is 1.62 bits per heavy atom. The van der Waals surface area contributed by atoms with Crippen molar-refractivity contribution >= 4 is 22.4 Å². The Labute approximate surface area is 157 Å². The summed E-state index contributed by atoms with van der Waals surface area (Å²) in [6.45, 7) is 1.19. The minimum atomic E-state index is 0.573. The molecule has 4 nitrogen and oxygen atoms in total. The molecule has 1 heterocycles. The van der Waals surface area contributed by atoms with Gasteiger partial charge in [0.15, 0.2) is 11.5 Å². The summed E-state index contributed by atoms with van der Waals surface area (Å²) < 4.78 is 22.2. The monoisotopic (exact) mass is 370 g/mol. The van der Waals surface area contributed by atoms with Crippen molar-refractivity contribution < 1.29 is 18.9 Å². The van der Waals surface area contributed by atoms with Crippen LogP contribution in [0.15, 0.2) is 36.4 Å². The van der Waals surface area contributed by atoms with Crippen molar-refractivity contribution in [3.05, 3.63) is 52.5 Å². The van der Waals surface area contributed by atoms with Crippen LogP contribution in [0.2, 0.25) is 5.02 Å². The third-order valence-electron chi connectivity index (χ3n) is 4.76. The highest BCUT2D eigenvalue weighted by Crippen LogP contribution is 2.45. The van der Waals surface area contributed by atoms with Crippen molar-refractivity contribution in [1.82, 2.24) is 0 Å². The molecule has 3 aromatic carbocycles. The van der Waals surface area contributed by atoms with E-state index in [0.717, 1.165) is 21.9 Å². The van der Waals surface area contributed by atoms with Gasteiger partial charge in [-0.3, -0.25) is 0 Å². The van der Waals surface area contributed by atoms with E-state index in [-0.39, 0.29) is 0 Å². The Balaban J connectivity index is 2.07. The molecule has 3 aromatic rings. The molecule has 0 spiro atoms. The van der Waals surface area contributed by atoms with E-state index < -0.39 is 0 Å². The number of rotatable bonds is 4. The van der Waals surface area contributed by atoms with Gasteiger partial charge in [0.1, 0.15) is 0 Å². The predicted molar refractivity (Wildman–Crippen MR) is 103 cm³/mol. The first kappa shape index (κ1) is 17.0. The van der Waals surface area contributed by atoms with Crippen LogP contribution in [0.1, 0.15) is 11.1 Å². The lowest BCUT2D eigenvalue weighted by Crippen LogP contribution is -1.97. The molecule has 0 saturated heterocycles. The van der Waals surface area contributed by atoms with Crippen LogP contribution in [0, 0.1) is 0 Å². The third kappa shape index (κ3) is 2.66. The fraction of sp³-hybridized carbons (Fsp3) is 0.238. The maximum Gasteiger partial charge on any atom is 0.203 e. The van der Waals surface area contributed by atoms with Crippen molar-refractivity contribution in [2.45, 2.75) is 13.2 Å². The van der Waals surface area contributed by atoms with Gasteiger partial charge in [0.05, 0.1) is 34.5 Å². The summed E-state index contributed by atoms with van der Waals surface area (Å²) in [4.78, 5) is 0. The Morgan fingerprint density at radius 1 is 0.885 bits per heavy atom. The quantitative estimate of drug-likeness (QED) is 0.631. The molecule has 0 N–H and O–H groups in total. The normalized spacial score (nSPS) is 12.9. The van der Waals surface area contributed by atoms with Crippen LogP contribution >= 0.6 is 11.6 Å². The van der Waals surface area contributed by atoms with Gasteiger partial charge in [-0.1, -0.05) is 17.7 Å². The van der Waals surface area contributed by atoms with Crippen molar-refractivity contribution in [2.75, 3.05) is 21.3 Å². The summed E-state index contributed by atoms with van der Waals surface area (Å²) in [5, 5.41) is 2.91. The lowest BCUT2D eigenvalue weighted by Gasteiger charge is -2.17. The zero-order valence-corrected chi connectivity index (χ0v) is 15.6. The van der Waals surface area contributed by atoms with E-state index in [1.54, 1.807) is 21.3 Å². The highest BCUT2D eigenvalue weighted by atomic mass is 35.5. The second-order valence-electron chi connectivity index (χ2n) is 6.16. The number of halogens is 1. The largest absolute Gasteiger partial charge is 0.493 e. The maximum atomic E-state index is 6.29. The number of ether oxygens (including phenoxy) is 4. The Morgan fingerprint density at radius 3 is 2.27 bits per heavy atom. The molecule has 5 heteroatoms. The van der Waals surface area contributed by atoms with E-state index >= 15 is 0 Å². The molecule has 1 aliphatic heterocycles. The number of hydrogen-bond acceptors (Lipinski definition) is 4. The Hall–Kier alpha value is -2.43. The first-order chi connectivity index (χ1) is 12.7. The fourth-order valence-corrected chi connectivity index (χ4v) is 3.75. The van der Waals surface area contributed by atoms with Gasteiger partial charge < -0.3 is 18.9 Å². The van der Waals surface area contributed by atoms with E-state index in [4.69, 9.17) is 30.5 Å². The maximum absolute atomic E-state index is 6.29. The van der Waals surface area contributed by atoms with Gasteiger partial charge in [-0.15, -0.1) is 0 Å². The third-order valence-corrected chi connectivity index (χ3v) is 5.00. The molecule has 1 aliphatic rings. The Bertz CT molecular complexity index is 972. The summed E-state index contributed by atoms with van der Waals surface area (Å²) in [6.07, 6.45) is 0. The van der Waals surface area contributed by atoms with Gasteiger partial charge in [0, 0.05) is 5.02 Å². The van der Waals surface area contributed by atoms with Gasteiger partial charge >= 0.3 is 0 Å². The summed E-state index contributed by atoms with van der Waals surface area (Å²) in [5.74, 6) is 1.81. The van der Waals surface area contributed by atoms with Crippen molar-refractivity contribution in [3.8, 4) is 28.4 Å². The van der Waals surface area contributed by atoms with Crippen molar-refractivity contribution in [2.24, 2.45) is 0 Å². The van der Waals surface area contributed by atoms with E-state index in [0.29, 0.717) is 35.5 Å². The van der Waals surface area contributed by atoms with Crippen LogP contribution in [-0.4, -0.2) is 21.3 Å². The number of benzene rings is 3. The minimum absolute atomic E-state index is 0.573. The summed E-state index contributed by atoms with van der Waals surface area (Å²) >= 11 is 6.29. The minimum Gasteiger partial charge on any atom is -0.493 e. The number of fused-ring (bicyclic) bond motifs is 2. The van der Waals surface area contributed by atoms with E-state index in [1.807, 2.05) is 30.3 Å². The molecule has 0 aromatic heterocycles. The highest BCUT2D eigenvalue weighted by Gasteiger charge is 2.22. The SMILES string of the molecule is COc1cc(-c2c3c(cc4ccc(Cl)cc24)COC3)cc(OC)c1OC. The van der Waals surface area contributed by atoms with Crippen LogP contribution < -0.4 is 14.2 Å². The molecule has 0 amide bonds. The van der Waals surface area contributed by atoms with Crippen LogP contribution in [-0.2, 0) is 18.0 Å². The van der Waals surface area contributed by atoms with Crippen molar-refractivity contribution in [1.29, 1.82) is 0 Å². The molecule has 0 radical (unpaired) electrons. The summed E-state index contributed by atoms with van der Waals surface area (Å²) in [7, 11) is 4.84. The second kappa shape index (κ2) is 6.71. The molecule has 0 atom stereocenters. The zero-order chi connectivity index (χ0) is 18.3. The van der Waals surface area contributed by atoms with E-state index in [1.165, 1.54) is 11.1 Å². The first-order valence-electron chi connectivity index (χ1n) is 8.28. The van der Waals surface area contributed by atoms with Crippen LogP contribution in [0.3, 0.4) is 0 Å². The number of hydrogen-bond donors (Lipinski definition) is 0. The summed E-state index contributed by atoms with van der Waals surface area (Å²) in [6, 6.07) is 12.1. The average molecular weight is 371 g/mol. The average Bonchev–Trinajstić information content (AvgIpc) is 3.12. The van der Waals surface area contributed by atoms with Gasteiger partial charge in [-0.05, 0) is 63.4 Å². The van der Waals surface area contributed by atoms with Gasteiger partial charge in [0.2, 0.25) is 5.75 Å². The summed E-state index contributed by atoms with van der Waals surface area (Å²) in [5.41, 5.74) is 4.45. The van der Waals surface area contributed by atoms with E-state index in [2.05, 4.69) is 6.07 Å². The molecule has 0 saturated carbocycles. The molecule has 0 fully saturated rings. The topological polar surface area (TPSA) is 36.9 Å². The molecular formula is C21H19ClO4. The molecular weight excluding hydrogens is 352 g/mol. The smallest absolute Gasteiger partial charge is 0.203 e. The first-order valence-corrected chi connectivity index (χ1v) is 8.66. The molecule has 134 valence electrons. The predicted octanol–water partition coefficient (Wildman–Crippen LogP) is 5.22. The second-order valence-corrected chi connectivity index (χ2v) is 6.60. The molecule has 0 aliphatic carbocycles. The molecule has 4 rings (SSSR count). The van der Waals surface area contributed by atoms with Gasteiger partial charge in [0.25, 0.3) is 0 Å². The van der Waals surface area contributed by atoms with Crippen LogP contribution in [0.25, 0.3) is 21.9 Å².